The predicted molar refractivity (Wildman–Crippen MR) is 92.8 cm³/mol. The van der Waals surface area contributed by atoms with Crippen molar-refractivity contribution in [3.8, 4) is 0 Å². The first-order valence-electron chi connectivity index (χ1n) is 8.02. The maximum absolute atomic E-state index is 4.50. The second-order valence-electron chi connectivity index (χ2n) is 5.86. The first-order chi connectivity index (χ1) is 10.4. The molecule has 1 aromatic carbocycles. The van der Waals surface area contributed by atoms with Crippen LogP contribution in [0.4, 0.5) is 0 Å². The smallest absolute Gasteiger partial charge is 0.0705 e. The van der Waals surface area contributed by atoms with Crippen LogP contribution in [-0.2, 0) is 0 Å². The van der Waals surface area contributed by atoms with Gasteiger partial charge in [-0.1, -0.05) is 25.1 Å². The number of pyridine rings is 1. The maximum atomic E-state index is 4.50. The minimum Gasteiger partial charge on any atom is -0.310 e. The minimum absolute atomic E-state index is 0.467. The Balaban J connectivity index is 1.80. The topological polar surface area (TPSA) is 24.9 Å². The Labute approximate surface area is 131 Å². The van der Waals surface area contributed by atoms with Crippen LogP contribution in [-0.4, -0.2) is 23.0 Å². The van der Waals surface area contributed by atoms with E-state index in [0.717, 1.165) is 18.0 Å². The molecule has 0 amide bonds. The molecular weight excluding hydrogens is 276 g/mol. The summed E-state index contributed by atoms with van der Waals surface area (Å²) in [7, 11) is 0. The molecule has 0 spiro atoms. The summed E-state index contributed by atoms with van der Waals surface area (Å²) in [5.74, 6) is 3.54. The fourth-order valence-electron chi connectivity index (χ4n) is 3.20. The second-order valence-corrected chi connectivity index (χ2v) is 7.08. The highest BCUT2D eigenvalue weighted by Gasteiger charge is 2.20. The van der Waals surface area contributed by atoms with E-state index in [2.05, 4.69) is 53.3 Å². The van der Waals surface area contributed by atoms with Gasteiger partial charge in [-0.15, -0.1) is 0 Å². The molecule has 0 saturated carbocycles. The summed E-state index contributed by atoms with van der Waals surface area (Å²) in [6, 6.07) is 11.3. The van der Waals surface area contributed by atoms with Crippen LogP contribution >= 0.6 is 11.8 Å². The van der Waals surface area contributed by atoms with Gasteiger partial charge in [0.15, 0.2) is 0 Å². The zero-order valence-corrected chi connectivity index (χ0v) is 13.5. The molecule has 0 aliphatic carbocycles. The van der Waals surface area contributed by atoms with E-state index in [9.17, 15) is 0 Å². The van der Waals surface area contributed by atoms with E-state index in [1.807, 2.05) is 12.3 Å². The summed E-state index contributed by atoms with van der Waals surface area (Å²) in [4.78, 5) is 4.50. The van der Waals surface area contributed by atoms with Gasteiger partial charge in [0.1, 0.15) is 0 Å². The number of hydrogen-bond acceptors (Lipinski definition) is 3. The van der Waals surface area contributed by atoms with E-state index >= 15 is 0 Å². The standard InChI is InChI=1S/C18H24N2S/c1-2-19-17(12-14-7-10-21-11-8-14)16-6-5-15-4-3-9-20-18(15)13-16/h3-6,9,13-14,17,19H,2,7-8,10-12H2,1H3. The molecule has 1 N–H and O–H groups in total. The summed E-state index contributed by atoms with van der Waals surface area (Å²) in [6.45, 7) is 3.22. The lowest BCUT2D eigenvalue weighted by Gasteiger charge is -2.27. The van der Waals surface area contributed by atoms with Crippen molar-refractivity contribution in [2.24, 2.45) is 5.92 Å². The van der Waals surface area contributed by atoms with Gasteiger partial charge < -0.3 is 5.32 Å². The number of nitrogens with one attached hydrogen (secondary N) is 1. The predicted octanol–water partition coefficient (Wildman–Crippen LogP) is 4.42. The minimum atomic E-state index is 0.467. The molecule has 0 bridgehead atoms. The van der Waals surface area contributed by atoms with E-state index in [1.165, 1.54) is 41.7 Å². The van der Waals surface area contributed by atoms with Crippen molar-refractivity contribution in [1.29, 1.82) is 0 Å². The Morgan fingerprint density at radius 1 is 1.29 bits per heavy atom. The third-order valence-electron chi connectivity index (χ3n) is 4.39. The van der Waals surface area contributed by atoms with Crippen LogP contribution in [0.5, 0.6) is 0 Å². The number of rotatable bonds is 5. The molecule has 1 aliphatic rings. The van der Waals surface area contributed by atoms with E-state index in [0.29, 0.717) is 6.04 Å². The van der Waals surface area contributed by atoms with Gasteiger partial charge in [-0.05, 0) is 60.9 Å². The maximum Gasteiger partial charge on any atom is 0.0705 e. The SMILES string of the molecule is CCNC(CC1CCSCC1)c1ccc2cccnc2c1. The van der Waals surface area contributed by atoms with E-state index in [1.54, 1.807) is 0 Å². The largest absolute Gasteiger partial charge is 0.310 e. The monoisotopic (exact) mass is 300 g/mol. The van der Waals surface area contributed by atoms with Crippen molar-refractivity contribution in [2.45, 2.75) is 32.2 Å². The molecule has 112 valence electrons. The normalized spacial score (nSPS) is 18.0. The van der Waals surface area contributed by atoms with Gasteiger partial charge in [-0.25, -0.2) is 0 Å². The molecule has 1 aromatic heterocycles. The van der Waals surface area contributed by atoms with Crippen LogP contribution < -0.4 is 5.32 Å². The van der Waals surface area contributed by atoms with Crippen LogP contribution in [0.25, 0.3) is 10.9 Å². The van der Waals surface area contributed by atoms with Crippen LogP contribution in [0.3, 0.4) is 0 Å². The molecule has 1 atom stereocenters. The highest BCUT2D eigenvalue weighted by atomic mass is 32.2. The van der Waals surface area contributed by atoms with Gasteiger partial charge in [-0.2, -0.15) is 11.8 Å². The van der Waals surface area contributed by atoms with Gasteiger partial charge in [0, 0.05) is 17.6 Å². The van der Waals surface area contributed by atoms with E-state index in [-0.39, 0.29) is 0 Å². The number of benzene rings is 1. The first-order valence-corrected chi connectivity index (χ1v) is 9.18. The summed E-state index contributed by atoms with van der Waals surface area (Å²) >= 11 is 2.11. The average Bonchev–Trinajstić information content (AvgIpc) is 2.55. The van der Waals surface area contributed by atoms with Crippen LogP contribution in [0, 0.1) is 5.92 Å². The highest BCUT2D eigenvalue weighted by molar-refractivity contribution is 7.99. The molecule has 1 aliphatic heterocycles. The Morgan fingerprint density at radius 2 is 2.14 bits per heavy atom. The fourth-order valence-corrected chi connectivity index (χ4v) is 4.40. The third kappa shape index (κ3) is 3.78. The number of fused-ring (bicyclic) bond motifs is 1. The van der Waals surface area contributed by atoms with Crippen LogP contribution in [0.1, 0.15) is 37.8 Å². The summed E-state index contributed by atoms with van der Waals surface area (Å²) in [6.07, 6.45) is 5.89. The van der Waals surface area contributed by atoms with Crippen molar-refractivity contribution >= 4 is 22.7 Å². The molecule has 21 heavy (non-hydrogen) atoms. The number of hydrogen-bond donors (Lipinski definition) is 1. The highest BCUT2D eigenvalue weighted by Crippen LogP contribution is 2.31. The van der Waals surface area contributed by atoms with Crippen molar-refractivity contribution < 1.29 is 0 Å². The lowest BCUT2D eigenvalue weighted by Crippen LogP contribution is -2.25. The lowest BCUT2D eigenvalue weighted by molar-refractivity contribution is 0.374. The molecule has 2 aromatic rings. The van der Waals surface area contributed by atoms with Gasteiger partial charge >= 0.3 is 0 Å². The molecule has 0 radical (unpaired) electrons. The van der Waals surface area contributed by atoms with Gasteiger partial charge in [0.2, 0.25) is 0 Å². The molecule has 2 nitrogen and oxygen atoms in total. The first kappa shape index (κ1) is 14.9. The van der Waals surface area contributed by atoms with Crippen molar-refractivity contribution in [1.82, 2.24) is 10.3 Å². The Hall–Kier alpha value is -1.06. The fraction of sp³-hybridized carbons (Fsp3) is 0.500. The molecule has 1 fully saturated rings. The quantitative estimate of drug-likeness (QED) is 0.885. The van der Waals surface area contributed by atoms with Crippen LogP contribution in [0.2, 0.25) is 0 Å². The molecular formula is C18H24N2S. The van der Waals surface area contributed by atoms with E-state index in [4.69, 9.17) is 0 Å². The summed E-state index contributed by atoms with van der Waals surface area (Å²) in [5, 5.41) is 4.90. The van der Waals surface area contributed by atoms with Crippen molar-refractivity contribution in [2.75, 3.05) is 18.1 Å². The van der Waals surface area contributed by atoms with Crippen LogP contribution in [0.15, 0.2) is 36.5 Å². The number of nitrogens with zero attached hydrogens (tertiary/aromatic N) is 1. The number of aromatic nitrogens is 1. The summed E-state index contributed by atoms with van der Waals surface area (Å²) in [5.41, 5.74) is 2.50. The van der Waals surface area contributed by atoms with Gasteiger partial charge in [-0.3, -0.25) is 4.98 Å². The average molecular weight is 300 g/mol. The zero-order valence-electron chi connectivity index (χ0n) is 12.7. The Morgan fingerprint density at radius 3 is 2.95 bits per heavy atom. The Bertz CT molecular complexity index is 578. The molecule has 1 saturated heterocycles. The zero-order chi connectivity index (χ0) is 14.5. The van der Waals surface area contributed by atoms with E-state index < -0.39 is 0 Å². The lowest BCUT2D eigenvalue weighted by atomic mass is 9.90. The Kier molecular flexibility index (Phi) is 5.15. The molecule has 2 heterocycles. The van der Waals surface area contributed by atoms with Gasteiger partial charge in [0.05, 0.1) is 5.52 Å². The molecule has 1 unspecified atom stereocenters. The number of thioether (sulfide) groups is 1. The molecule has 3 rings (SSSR count). The summed E-state index contributed by atoms with van der Waals surface area (Å²) < 4.78 is 0. The van der Waals surface area contributed by atoms with Crippen molar-refractivity contribution in [3.05, 3.63) is 42.1 Å². The van der Waals surface area contributed by atoms with Crippen molar-refractivity contribution in [3.63, 3.8) is 0 Å². The van der Waals surface area contributed by atoms with Gasteiger partial charge in [0.25, 0.3) is 0 Å². The second kappa shape index (κ2) is 7.28. The third-order valence-corrected chi connectivity index (χ3v) is 5.44. The molecule has 3 heteroatoms.